The lowest BCUT2D eigenvalue weighted by Gasteiger charge is -2.13. The lowest BCUT2D eigenvalue weighted by molar-refractivity contribution is -0.146. The van der Waals surface area contributed by atoms with Gasteiger partial charge in [0.2, 0.25) is 5.91 Å². The molecule has 22 heavy (non-hydrogen) atoms. The number of rotatable bonds is 7. The number of carbonyl (C=O) groups is 2. The minimum absolute atomic E-state index is 0.198. The van der Waals surface area contributed by atoms with Crippen LogP contribution in [0.5, 0.6) is 0 Å². The smallest absolute Gasteiger partial charge is 0.328 e. The van der Waals surface area contributed by atoms with Crippen LogP contribution in [-0.4, -0.2) is 34.3 Å². The highest BCUT2D eigenvalue weighted by Gasteiger charge is 2.19. The predicted molar refractivity (Wildman–Crippen MR) is 84.5 cm³/mol. The van der Waals surface area contributed by atoms with Gasteiger partial charge in [-0.1, -0.05) is 13.8 Å². The minimum atomic E-state index is -0.640. The zero-order valence-corrected chi connectivity index (χ0v) is 14.4. The zero-order valence-electron chi connectivity index (χ0n) is 14.4. The Morgan fingerprint density at radius 1 is 1.27 bits per heavy atom. The van der Waals surface area contributed by atoms with E-state index in [-0.39, 0.29) is 12.3 Å². The normalized spacial score (nSPS) is 12.3. The maximum Gasteiger partial charge on any atom is 0.328 e. The first-order valence-electron chi connectivity index (χ1n) is 7.75. The van der Waals surface area contributed by atoms with Gasteiger partial charge in [0.05, 0.1) is 18.7 Å². The molecule has 1 unspecified atom stereocenters. The van der Waals surface area contributed by atoms with Gasteiger partial charge in [-0.15, -0.1) is 0 Å². The minimum Gasteiger partial charge on any atom is -0.464 e. The van der Waals surface area contributed by atoms with Crippen molar-refractivity contribution in [3.05, 3.63) is 17.0 Å². The molecule has 6 heteroatoms. The van der Waals surface area contributed by atoms with Gasteiger partial charge >= 0.3 is 5.97 Å². The standard InChI is InChI=1S/C16H27N3O3/c1-7-22-16(21)12(5)17-15(20)8-14-11(4)18-19(13(14)6)9-10(2)3/h10,12H,7-9H2,1-6H3,(H,17,20). The van der Waals surface area contributed by atoms with Gasteiger partial charge in [-0.2, -0.15) is 5.10 Å². The molecule has 124 valence electrons. The number of hydrogen-bond acceptors (Lipinski definition) is 4. The number of ether oxygens (including phenoxy) is 1. The molecule has 1 rings (SSSR count). The third-order valence-electron chi connectivity index (χ3n) is 3.42. The van der Waals surface area contributed by atoms with E-state index >= 15 is 0 Å². The highest BCUT2D eigenvalue weighted by Crippen LogP contribution is 2.15. The molecule has 1 N–H and O–H groups in total. The lowest BCUT2D eigenvalue weighted by Crippen LogP contribution is -2.40. The molecule has 0 spiro atoms. The van der Waals surface area contributed by atoms with Crippen molar-refractivity contribution in [2.45, 2.75) is 60.5 Å². The van der Waals surface area contributed by atoms with Crippen molar-refractivity contribution < 1.29 is 14.3 Å². The summed E-state index contributed by atoms with van der Waals surface area (Å²) in [5.41, 5.74) is 2.79. The number of aryl methyl sites for hydroxylation is 1. The van der Waals surface area contributed by atoms with Crippen LogP contribution >= 0.6 is 0 Å². The Kier molecular flexibility index (Phi) is 6.59. The maximum absolute atomic E-state index is 12.1. The van der Waals surface area contributed by atoms with E-state index in [0.717, 1.165) is 23.5 Å². The van der Waals surface area contributed by atoms with Gasteiger partial charge in [0.25, 0.3) is 0 Å². The lowest BCUT2D eigenvalue weighted by atomic mass is 10.1. The molecule has 1 atom stereocenters. The molecule has 0 radical (unpaired) electrons. The molecule has 0 bridgehead atoms. The van der Waals surface area contributed by atoms with Crippen molar-refractivity contribution in [3.8, 4) is 0 Å². The van der Waals surface area contributed by atoms with Crippen molar-refractivity contribution in [2.75, 3.05) is 6.61 Å². The molecule has 1 aromatic rings. The summed E-state index contributed by atoms with van der Waals surface area (Å²) in [5.74, 6) is -0.126. The fourth-order valence-corrected chi connectivity index (χ4v) is 2.29. The monoisotopic (exact) mass is 309 g/mol. The van der Waals surface area contributed by atoms with Crippen LogP contribution in [0.15, 0.2) is 0 Å². The van der Waals surface area contributed by atoms with Gasteiger partial charge in [0.1, 0.15) is 6.04 Å². The quantitative estimate of drug-likeness (QED) is 0.779. The van der Waals surface area contributed by atoms with Crippen LogP contribution in [0.25, 0.3) is 0 Å². The summed E-state index contributed by atoms with van der Waals surface area (Å²) in [5, 5.41) is 7.16. The summed E-state index contributed by atoms with van der Waals surface area (Å²) in [6, 6.07) is -0.640. The average Bonchev–Trinajstić information content (AvgIpc) is 2.66. The predicted octanol–water partition coefficient (Wildman–Crippen LogP) is 1.77. The highest BCUT2D eigenvalue weighted by atomic mass is 16.5. The maximum atomic E-state index is 12.1. The molecule has 0 fully saturated rings. The van der Waals surface area contributed by atoms with Crippen LogP contribution in [0.2, 0.25) is 0 Å². The number of amides is 1. The molecule has 0 aromatic carbocycles. The van der Waals surface area contributed by atoms with E-state index in [4.69, 9.17) is 4.74 Å². The van der Waals surface area contributed by atoms with E-state index in [1.54, 1.807) is 13.8 Å². The molecular formula is C16H27N3O3. The number of esters is 1. The Morgan fingerprint density at radius 3 is 2.45 bits per heavy atom. The largest absolute Gasteiger partial charge is 0.464 e. The first-order valence-corrected chi connectivity index (χ1v) is 7.75. The van der Waals surface area contributed by atoms with Crippen LogP contribution in [0.1, 0.15) is 44.6 Å². The van der Waals surface area contributed by atoms with Crippen LogP contribution in [0.4, 0.5) is 0 Å². The van der Waals surface area contributed by atoms with E-state index < -0.39 is 12.0 Å². The van der Waals surface area contributed by atoms with Crippen LogP contribution in [0, 0.1) is 19.8 Å². The van der Waals surface area contributed by atoms with Crippen molar-refractivity contribution in [2.24, 2.45) is 5.92 Å². The van der Waals surface area contributed by atoms with Crippen molar-refractivity contribution in [1.82, 2.24) is 15.1 Å². The van der Waals surface area contributed by atoms with Gasteiger partial charge in [-0.25, -0.2) is 4.79 Å². The first-order chi connectivity index (χ1) is 10.3. The molecule has 1 amide bonds. The number of hydrogen-bond donors (Lipinski definition) is 1. The van der Waals surface area contributed by atoms with Crippen molar-refractivity contribution in [1.29, 1.82) is 0 Å². The molecule has 1 heterocycles. The fourth-order valence-electron chi connectivity index (χ4n) is 2.29. The van der Waals surface area contributed by atoms with E-state index in [2.05, 4.69) is 24.3 Å². The molecule has 6 nitrogen and oxygen atoms in total. The number of carbonyl (C=O) groups excluding carboxylic acids is 2. The second-order valence-electron chi connectivity index (χ2n) is 5.94. The second-order valence-corrected chi connectivity index (χ2v) is 5.94. The van der Waals surface area contributed by atoms with Gasteiger partial charge in [-0.05, 0) is 33.6 Å². The van der Waals surface area contributed by atoms with Gasteiger partial charge < -0.3 is 10.1 Å². The SMILES string of the molecule is CCOC(=O)C(C)NC(=O)Cc1c(C)nn(CC(C)C)c1C. The number of aromatic nitrogens is 2. The van der Waals surface area contributed by atoms with Gasteiger partial charge in [0, 0.05) is 17.8 Å². The average molecular weight is 309 g/mol. The van der Waals surface area contributed by atoms with Crippen LogP contribution in [0.3, 0.4) is 0 Å². The molecule has 0 saturated heterocycles. The summed E-state index contributed by atoms with van der Waals surface area (Å²) in [6.07, 6.45) is 0.222. The van der Waals surface area contributed by atoms with Crippen molar-refractivity contribution in [3.63, 3.8) is 0 Å². The molecule has 1 aromatic heterocycles. The summed E-state index contributed by atoms with van der Waals surface area (Å²) < 4.78 is 6.82. The highest BCUT2D eigenvalue weighted by molar-refractivity contribution is 5.85. The summed E-state index contributed by atoms with van der Waals surface area (Å²) in [4.78, 5) is 23.6. The third-order valence-corrected chi connectivity index (χ3v) is 3.42. The fraction of sp³-hybridized carbons (Fsp3) is 0.688. The topological polar surface area (TPSA) is 73.2 Å². The molecule has 0 saturated carbocycles. The summed E-state index contributed by atoms with van der Waals surface area (Å²) in [7, 11) is 0. The summed E-state index contributed by atoms with van der Waals surface area (Å²) in [6.45, 7) is 12.6. The van der Waals surface area contributed by atoms with Crippen molar-refractivity contribution >= 4 is 11.9 Å². The van der Waals surface area contributed by atoms with Gasteiger partial charge in [-0.3, -0.25) is 9.48 Å². The van der Waals surface area contributed by atoms with Crippen LogP contribution in [-0.2, 0) is 27.3 Å². The first kappa shape index (κ1) is 18.2. The van der Waals surface area contributed by atoms with E-state index in [9.17, 15) is 9.59 Å². The summed E-state index contributed by atoms with van der Waals surface area (Å²) >= 11 is 0. The van der Waals surface area contributed by atoms with E-state index in [0.29, 0.717) is 12.5 Å². The Bertz CT molecular complexity index is 535. The Hall–Kier alpha value is -1.85. The molecule has 0 aliphatic heterocycles. The van der Waals surface area contributed by atoms with Crippen LogP contribution < -0.4 is 5.32 Å². The Labute approximate surface area is 132 Å². The van der Waals surface area contributed by atoms with E-state index in [1.807, 2.05) is 18.5 Å². The Balaban J connectivity index is 2.72. The second kappa shape index (κ2) is 7.96. The molecule has 0 aliphatic carbocycles. The molecular weight excluding hydrogens is 282 g/mol. The number of nitrogens with one attached hydrogen (secondary N) is 1. The Morgan fingerprint density at radius 2 is 1.91 bits per heavy atom. The number of nitrogens with zero attached hydrogens (tertiary/aromatic N) is 2. The van der Waals surface area contributed by atoms with E-state index in [1.165, 1.54) is 0 Å². The molecule has 0 aliphatic rings. The zero-order chi connectivity index (χ0) is 16.9. The van der Waals surface area contributed by atoms with Gasteiger partial charge in [0.15, 0.2) is 0 Å². The third kappa shape index (κ3) is 4.86.